The van der Waals surface area contributed by atoms with Gasteiger partial charge in [-0.15, -0.1) is 0 Å². The molecule has 0 aromatic rings. The molecule has 82 valence electrons. The Hall–Kier alpha value is 0.376. The Balaban J connectivity index is -0.000000249. The van der Waals surface area contributed by atoms with Gasteiger partial charge in [-0.25, -0.2) is 0 Å². The molecule has 0 rings (SSSR count). The Labute approximate surface area is 124 Å². The minimum atomic E-state index is -2.44. The third kappa shape index (κ3) is 14.4. The van der Waals surface area contributed by atoms with Crippen LogP contribution >= 0.6 is 0 Å². The first-order valence-electron chi connectivity index (χ1n) is 3.02. The number of hydrogen-bond acceptors (Lipinski definition) is 9. The van der Waals surface area contributed by atoms with Crippen LogP contribution in [0.1, 0.15) is 0 Å². The number of rotatable bonds is 3. The van der Waals surface area contributed by atoms with Crippen LogP contribution in [0, 0.1) is 0 Å². The number of aliphatic hydroxyl groups excluding tert-OH is 2. The zero-order valence-corrected chi connectivity index (χ0v) is 11.7. The molecule has 0 fully saturated rings. The molecule has 0 aliphatic rings. The largest absolute Gasteiger partial charge is 2.00 e. The summed E-state index contributed by atoms with van der Waals surface area (Å²) in [5.74, 6) is -4.12. The molecular formula is C4H7BBaO9. The molecule has 2 unspecified atom stereocenters. The van der Waals surface area contributed by atoms with Gasteiger partial charge in [0.05, 0.1) is 11.9 Å². The Kier molecular flexibility index (Phi) is 15.0. The maximum absolute atomic E-state index is 9.63. The molecule has 0 aliphatic heterocycles. The van der Waals surface area contributed by atoms with Crippen LogP contribution < -0.4 is 10.2 Å². The van der Waals surface area contributed by atoms with Crippen LogP contribution in [0.3, 0.4) is 0 Å². The minimum absolute atomic E-state index is 0. The number of hydrogen-bond donors (Lipinski definition) is 5. The van der Waals surface area contributed by atoms with Gasteiger partial charge < -0.3 is 45.1 Å². The molecule has 0 heterocycles. The van der Waals surface area contributed by atoms with Crippen LogP contribution in [-0.4, -0.2) is 106 Å². The summed E-state index contributed by atoms with van der Waals surface area (Å²) in [6, 6.07) is 0. The molecule has 0 amide bonds. The smallest absolute Gasteiger partial charge is 0.547 e. The van der Waals surface area contributed by atoms with Crippen molar-refractivity contribution in [2.24, 2.45) is 0 Å². The van der Waals surface area contributed by atoms with E-state index in [1.165, 1.54) is 0 Å². The number of aliphatic carboxylic acids is 2. The van der Waals surface area contributed by atoms with Gasteiger partial charge in [0.1, 0.15) is 12.2 Å². The van der Waals surface area contributed by atoms with Crippen LogP contribution in [-0.2, 0) is 9.59 Å². The van der Waals surface area contributed by atoms with Gasteiger partial charge in [-0.05, 0) is 0 Å². The maximum atomic E-state index is 9.63. The van der Waals surface area contributed by atoms with Gasteiger partial charge in [0.25, 0.3) is 0 Å². The molecule has 9 nitrogen and oxygen atoms in total. The molecule has 0 aromatic heterocycles. The summed E-state index contributed by atoms with van der Waals surface area (Å²) < 4.78 is 0. The second-order valence-electron chi connectivity index (χ2n) is 1.87. The molecule has 11 heteroatoms. The monoisotopic (exact) mass is 348 g/mol. The fraction of sp³-hybridized carbons (Fsp3) is 0.500. The van der Waals surface area contributed by atoms with Crippen LogP contribution in [0.5, 0.6) is 0 Å². The van der Waals surface area contributed by atoms with Crippen LogP contribution in [0.15, 0.2) is 0 Å². The van der Waals surface area contributed by atoms with E-state index in [0.717, 1.165) is 0 Å². The van der Waals surface area contributed by atoms with Gasteiger partial charge in [-0.1, -0.05) is 0 Å². The number of carboxylic acid groups (broad SMARTS) is 2. The van der Waals surface area contributed by atoms with Gasteiger partial charge in [-0.3, -0.25) is 0 Å². The summed E-state index contributed by atoms with van der Waals surface area (Å²) >= 11 is 0. The normalized spacial score (nSPS) is 12.3. The standard InChI is InChI=1S/C4H6O6.BH3O3.Ba/c5-1(3(7)8)2(6)4(9)10;2-1(3)4;/h1-2,5-6H,(H,7,8)(H,9,10);2-4H;/q;;+2/p-2. The Morgan fingerprint density at radius 3 is 1.13 bits per heavy atom. The predicted molar refractivity (Wildman–Crippen MR) is 40.2 cm³/mol. The number of carbonyl (C=O) groups is 2. The van der Waals surface area contributed by atoms with E-state index in [-0.39, 0.29) is 48.9 Å². The van der Waals surface area contributed by atoms with E-state index in [9.17, 15) is 19.8 Å². The molecule has 0 saturated carbocycles. The molecule has 5 N–H and O–H groups in total. The van der Waals surface area contributed by atoms with Gasteiger partial charge in [-0.2, -0.15) is 0 Å². The first kappa shape index (κ1) is 20.7. The summed E-state index contributed by atoms with van der Waals surface area (Å²) in [4.78, 5) is 19.3. The van der Waals surface area contributed by atoms with Crippen molar-refractivity contribution in [2.45, 2.75) is 12.2 Å². The zero-order valence-electron chi connectivity index (χ0n) is 7.31. The van der Waals surface area contributed by atoms with E-state index < -0.39 is 31.5 Å². The second-order valence-corrected chi connectivity index (χ2v) is 1.87. The molecule has 0 spiro atoms. The summed E-state index contributed by atoms with van der Waals surface area (Å²) in [6.45, 7) is 0. The summed E-state index contributed by atoms with van der Waals surface area (Å²) in [5.41, 5.74) is 0. The maximum Gasteiger partial charge on any atom is 2.00 e. The molecule has 15 heavy (non-hydrogen) atoms. The molecule has 0 radical (unpaired) electrons. The molecule has 0 aliphatic carbocycles. The number of aliphatic hydroxyl groups is 2. The first-order valence-corrected chi connectivity index (χ1v) is 3.02. The number of carbonyl (C=O) groups excluding carboxylic acids is 2. The van der Waals surface area contributed by atoms with Crippen molar-refractivity contribution in [3.63, 3.8) is 0 Å². The summed E-state index contributed by atoms with van der Waals surface area (Å²) in [6.07, 6.45) is -4.88. The van der Waals surface area contributed by atoms with Gasteiger partial charge in [0.2, 0.25) is 0 Å². The van der Waals surface area contributed by atoms with E-state index in [0.29, 0.717) is 0 Å². The molecule has 2 atom stereocenters. The predicted octanol–water partition coefficient (Wildman–Crippen LogP) is -7.22. The molecule has 0 bridgehead atoms. The van der Waals surface area contributed by atoms with E-state index in [1.807, 2.05) is 0 Å². The zero-order chi connectivity index (χ0) is 11.9. The molecule has 0 saturated heterocycles. The van der Waals surface area contributed by atoms with E-state index in [1.54, 1.807) is 0 Å². The summed E-state index contributed by atoms with van der Waals surface area (Å²) in [7, 11) is -2.17. The molecular weight excluding hydrogens is 340 g/mol. The quantitative estimate of drug-likeness (QED) is 0.310. The van der Waals surface area contributed by atoms with Crippen LogP contribution in [0.25, 0.3) is 0 Å². The first-order chi connectivity index (χ1) is 6.20. The van der Waals surface area contributed by atoms with Gasteiger partial charge in [0.15, 0.2) is 0 Å². The van der Waals surface area contributed by atoms with Crippen molar-refractivity contribution in [3.05, 3.63) is 0 Å². The van der Waals surface area contributed by atoms with Gasteiger partial charge in [0, 0.05) is 0 Å². The van der Waals surface area contributed by atoms with Crippen molar-refractivity contribution in [1.82, 2.24) is 0 Å². The topological polar surface area (TPSA) is 181 Å². The van der Waals surface area contributed by atoms with Crippen molar-refractivity contribution in [2.75, 3.05) is 0 Å². The van der Waals surface area contributed by atoms with E-state index in [4.69, 9.17) is 25.3 Å². The fourth-order valence-corrected chi connectivity index (χ4v) is 0.258. The van der Waals surface area contributed by atoms with Crippen molar-refractivity contribution >= 4 is 68.1 Å². The SMILES string of the molecule is O=C([O-])C(O)C(O)C(=O)[O-].OB(O)O.[Ba+2]. The minimum Gasteiger partial charge on any atom is -0.547 e. The summed E-state index contributed by atoms with van der Waals surface area (Å²) in [5, 5.41) is 57.2. The average molecular weight is 347 g/mol. The fourth-order valence-electron chi connectivity index (χ4n) is 0.258. The van der Waals surface area contributed by atoms with Crippen molar-refractivity contribution < 1.29 is 45.1 Å². The van der Waals surface area contributed by atoms with Crippen molar-refractivity contribution in [3.8, 4) is 0 Å². The van der Waals surface area contributed by atoms with Crippen LogP contribution in [0.4, 0.5) is 0 Å². The Morgan fingerprint density at radius 1 is 0.933 bits per heavy atom. The Bertz CT molecular complexity index is 176. The molecule has 0 aromatic carbocycles. The van der Waals surface area contributed by atoms with Crippen LogP contribution in [0.2, 0.25) is 0 Å². The van der Waals surface area contributed by atoms with Gasteiger partial charge >= 0.3 is 56.2 Å². The van der Waals surface area contributed by atoms with E-state index >= 15 is 0 Å². The Morgan fingerprint density at radius 2 is 1.07 bits per heavy atom. The number of carboxylic acids is 2. The third-order valence-electron chi connectivity index (χ3n) is 0.782. The second kappa shape index (κ2) is 10.9. The third-order valence-corrected chi connectivity index (χ3v) is 0.782. The van der Waals surface area contributed by atoms with E-state index in [2.05, 4.69) is 0 Å². The van der Waals surface area contributed by atoms with Crippen molar-refractivity contribution in [1.29, 1.82) is 0 Å². The average Bonchev–Trinajstić information content (AvgIpc) is 2.00.